The highest BCUT2D eigenvalue weighted by atomic mass is 16.3. The number of hydrogen-bond donors (Lipinski definition) is 0. The van der Waals surface area contributed by atoms with E-state index in [1.54, 1.807) is 0 Å². The van der Waals surface area contributed by atoms with Crippen molar-refractivity contribution in [1.29, 1.82) is 0 Å². The molecule has 0 N–H and O–H groups in total. The maximum absolute atomic E-state index is 5.72. The SMILES string of the molecule is CCc1ccc(CC(C)c2ccn(C)c2)o1. The van der Waals surface area contributed by atoms with E-state index in [0.29, 0.717) is 5.92 Å². The van der Waals surface area contributed by atoms with Crippen LogP contribution in [0.2, 0.25) is 0 Å². The molecule has 2 nitrogen and oxygen atoms in total. The van der Waals surface area contributed by atoms with Crippen molar-refractivity contribution in [2.45, 2.75) is 32.6 Å². The summed E-state index contributed by atoms with van der Waals surface area (Å²) in [6.45, 7) is 4.35. The fourth-order valence-corrected chi connectivity index (χ4v) is 1.96. The van der Waals surface area contributed by atoms with Crippen molar-refractivity contribution in [2.24, 2.45) is 7.05 Å². The molecule has 2 aromatic heterocycles. The molecule has 86 valence electrons. The molecule has 16 heavy (non-hydrogen) atoms. The van der Waals surface area contributed by atoms with E-state index in [1.807, 2.05) is 0 Å². The monoisotopic (exact) mass is 217 g/mol. The molecule has 1 unspecified atom stereocenters. The molecule has 0 amide bonds. The molecule has 0 aliphatic carbocycles. The summed E-state index contributed by atoms with van der Waals surface area (Å²) >= 11 is 0. The van der Waals surface area contributed by atoms with Crippen LogP contribution in [0.4, 0.5) is 0 Å². The van der Waals surface area contributed by atoms with Crippen LogP contribution in [-0.4, -0.2) is 4.57 Å². The Morgan fingerprint density at radius 1 is 1.25 bits per heavy atom. The predicted molar refractivity (Wildman–Crippen MR) is 65.6 cm³/mol. The summed E-state index contributed by atoms with van der Waals surface area (Å²) in [6.07, 6.45) is 6.21. The van der Waals surface area contributed by atoms with Crippen LogP contribution in [0.15, 0.2) is 35.0 Å². The van der Waals surface area contributed by atoms with E-state index in [-0.39, 0.29) is 0 Å². The van der Waals surface area contributed by atoms with Gasteiger partial charge in [-0.15, -0.1) is 0 Å². The minimum atomic E-state index is 0.511. The summed E-state index contributed by atoms with van der Waals surface area (Å²) < 4.78 is 7.81. The molecular weight excluding hydrogens is 198 g/mol. The average molecular weight is 217 g/mol. The molecule has 0 fully saturated rings. The number of nitrogens with zero attached hydrogens (tertiary/aromatic N) is 1. The Morgan fingerprint density at radius 3 is 2.56 bits per heavy atom. The predicted octanol–water partition coefficient (Wildman–Crippen LogP) is 3.53. The van der Waals surface area contributed by atoms with Crippen molar-refractivity contribution in [1.82, 2.24) is 4.57 Å². The first kappa shape index (κ1) is 11.1. The third-order valence-electron chi connectivity index (χ3n) is 3.00. The molecule has 2 heterocycles. The highest BCUT2D eigenvalue weighted by Crippen LogP contribution is 2.21. The molecule has 0 spiro atoms. The fraction of sp³-hybridized carbons (Fsp3) is 0.429. The molecule has 2 heteroatoms. The van der Waals surface area contributed by atoms with Gasteiger partial charge in [0.05, 0.1) is 0 Å². The van der Waals surface area contributed by atoms with Crippen molar-refractivity contribution in [2.75, 3.05) is 0 Å². The summed E-state index contributed by atoms with van der Waals surface area (Å²) in [7, 11) is 2.05. The second-order valence-corrected chi connectivity index (χ2v) is 4.44. The van der Waals surface area contributed by atoms with Gasteiger partial charge in [-0.2, -0.15) is 0 Å². The molecule has 2 rings (SSSR count). The van der Waals surface area contributed by atoms with Gasteiger partial charge in [0.2, 0.25) is 0 Å². The zero-order valence-corrected chi connectivity index (χ0v) is 10.2. The third kappa shape index (κ3) is 2.38. The molecule has 0 aliphatic heterocycles. The highest BCUT2D eigenvalue weighted by Gasteiger charge is 2.10. The van der Waals surface area contributed by atoms with Crippen LogP contribution in [-0.2, 0) is 19.9 Å². The number of hydrogen-bond acceptors (Lipinski definition) is 1. The molecule has 2 aromatic rings. The number of rotatable bonds is 4. The summed E-state index contributed by atoms with van der Waals surface area (Å²) in [6, 6.07) is 6.35. The number of aromatic nitrogens is 1. The Hall–Kier alpha value is -1.44. The first-order valence-electron chi connectivity index (χ1n) is 5.88. The fourth-order valence-electron chi connectivity index (χ4n) is 1.96. The van der Waals surface area contributed by atoms with Gasteiger partial charge in [-0.05, 0) is 29.7 Å². The second-order valence-electron chi connectivity index (χ2n) is 4.44. The summed E-state index contributed by atoms with van der Waals surface area (Å²) in [5.74, 6) is 2.68. The van der Waals surface area contributed by atoms with Crippen molar-refractivity contribution >= 4 is 0 Å². The molecular formula is C14H19NO. The standard InChI is InChI=1S/C14H19NO/c1-4-13-5-6-14(16-13)9-11(2)12-7-8-15(3)10-12/h5-8,10-11H,4,9H2,1-3H3. The van der Waals surface area contributed by atoms with Gasteiger partial charge in [-0.3, -0.25) is 0 Å². The number of furan rings is 1. The van der Waals surface area contributed by atoms with E-state index in [1.165, 1.54) is 5.56 Å². The lowest BCUT2D eigenvalue weighted by molar-refractivity contribution is 0.457. The maximum atomic E-state index is 5.72. The van der Waals surface area contributed by atoms with E-state index < -0.39 is 0 Å². The molecule has 1 atom stereocenters. The van der Waals surface area contributed by atoms with Crippen molar-refractivity contribution in [3.05, 3.63) is 47.7 Å². The van der Waals surface area contributed by atoms with Gasteiger partial charge in [0, 0.05) is 32.3 Å². The van der Waals surface area contributed by atoms with E-state index in [9.17, 15) is 0 Å². The normalized spacial score (nSPS) is 12.9. The molecule has 0 aromatic carbocycles. The van der Waals surface area contributed by atoms with Crippen LogP contribution in [0.3, 0.4) is 0 Å². The first-order chi connectivity index (χ1) is 7.69. The van der Waals surface area contributed by atoms with Crippen LogP contribution in [0.1, 0.15) is 36.8 Å². The summed E-state index contributed by atoms with van der Waals surface area (Å²) in [5, 5.41) is 0. The van der Waals surface area contributed by atoms with Gasteiger partial charge >= 0.3 is 0 Å². The van der Waals surface area contributed by atoms with Crippen molar-refractivity contribution < 1.29 is 4.42 Å². The van der Waals surface area contributed by atoms with Gasteiger partial charge in [-0.1, -0.05) is 13.8 Å². The van der Waals surface area contributed by atoms with Gasteiger partial charge < -0.3 is 8.98 Å². The zero-order chi connectivity index (χ0) is 11.5. The Kier molecular flexibility index (Phi) is 3.18. The number of aryl methyl sites for hydroxylation is 2. The smallest absolute Gasteiger partial charge is 0.104 e. The van der Waals surface area contributed by atoms with Crippen molar-refractivity contribution in [3.63, 3.8) is 0 Å². The molecule has 0 saturated carbocycles. The van der Waals surface area contributed by atoms with Crippen LogP contribution in [0.5, 0.6) is 0 Å². The lowest BCUT2D eigenvalue weighted by Gasteiger charge is -2.07. The first-order valence-corrected chi connectivity index (χ1v) is 5.88. The van der Waals surface area contributed by atoms with Gasteiger partial charge in [0.1, 0.15) is 11.5 Å². The largest absolute Gasteiger partial charge is 0.466 e. The highest BCUT2D eigenvalue weighted by molar-refractivity contribution is 5.18. The van der Waals surface area contributed by atoms with Crippen LogP contribution >= 0.6 is 0 Å². The topological polar surface area (TPSA) is 18.1 Å². The van der Waals surface area contributed by atoms with Crippen LogP contribution in [0, 0.1) is 0 Å². The second kappa shape index (κ2) is 4.60. The van der Waals surface area contributed by atoms with Gasteiger partial charge in [-0.25, -0.2) is 0 Å². The quantitative estimate of drug-likeness (QED) is 0.766. The zero-order valence-electron chi connectivity index (χ0n) is 10.2. The molecule has 0 aliphatic rings. The Labute approximate surface area is 96.9 Å². The van der Waals surface area contributed by atoms with E-state index >= 15 is 0 Å². The minimum absolute atomic E-state index is 0.511. The van der Waals surface area contributed by atoms with E-state index in [0.717, 1.165) is 24.4 Å². The van der Waals surface area contributed by atoms with Crippen LogP contribution in [0.25, 0.3) is 0 Å². The lowest BCUT2D eigenvalue weighted by Crippen LogP contribution is -1.96. The maximum Gasteiger partial charge on any atom is 0.104 e. The molecule has 0 saturated heterocycles. The van der Waals surface area contributed by atoms with Gasteiger partial charge in [0.25, 0.3) is 0 Å². The van der Waals surface area contributed by atoms with E-state index in [4.69, 9.17) is 4.42 Å². The minimum Gasteiger partial charge on any atom is -0.466 e. The Balaban J connectivity index is 2.04. The van der Waals surface area contributed by atoms with Crippen molar-refractivity contribution in [3.8, 4) is 0 Å². The van der Waals surface area contributed by atoms with Gasteiger partial charge in [0.15, 0.2) is 0 Å². The Bertz CT molecular complexity index is 453. The average Bonchev–Trinajstić information content (AvgIpc) is 2.87. The summed E-state index contributed by atoms with van der Waals surface area (Å²) in [4.78, 5) is 0. The lowest BCUT2D eigenvalue weighted by atomic mass is 10.00. The summed E-state index contributed by atoms with van der Waals surface area (Å²) in [5.41, 5.74) is 1.37. The Morgan fingerprint density at radius 2 is 2.00 bits per heavy atom. The molecule has 0 radical (unpaired) electrons. The van der Waals surface area contributed by atoms with Crippen LogP contribution < -0.4 is 0 Å². The van der Waals surface area contributed by atoms with E-state index in [2.05, 4.69) is 56.1 Å². The molecule has 0 bridgehead atoms. The third-order valence-corrected chi connectivity index (χ3v) is 3.00.